The van der Waals surface area contributed by atoms with Gasteiger partial charge in [-0.1, -0.05) is 13.3 Å². The van der Waals surface area contributed by atoms with E-state index in [1.54, 1.807) is 0 Å². The van der Waals surface area contributed by atoms with Crippen LogP contribution in [0.1, 0.15) is 19.8 Å². The first-order valence-corrected chi connectivity index (χ1v) is 2.39. The molecular weight excluding hydrogens is 90.1 g/mol. The van der Waals surface area contributed by atoms with Crippen LogP contribution in [0.2, 0.25) is 0 Å². The van der Waals surface area contributed by atoms with E-state index >= 15 is 0 Å². The van der Waals surface area contributed by atoms with Gasteiger partial charge in [0.1, 0.15) is 0 Å². The van der Waals surface area contributed by atoms with Gasteiger partial charge in [-0.15, -0.1) is 5.16 Å². The van der Waals surface area contributed by atoms with Crippen molar-refractivity contribution in [1.82, 2.24) is 0 Å². The van der Waals surface area contributed by atoms with Gasteiger partial charge in [-0.2, -0.15) is 0 Å². The Morgan fingerprint density at radius 3 is 2.86 bits per heavy atom. The van der Waals surface area contributed by atoms with Gasteiger partial charge in [0, 0.05) is 6.21 Å². The summed E-state index contributed by atoms with van der Waals surface area (Å²) >= 11 is 0. The van der Waals surface area contributed by atoms with E-state index in [-0.39, 0.29) is 0 Å². The van der Waals surface area contributed by atoms with Gasteiger partial charge in [-0.05, 0) is 12.8 Å². The predicted molar refractivity (Wildman–Crippen MR) is 29.5 cm³/mol. The van der Waals surface area contributed by atoms with Crippen molar-refractivity contribution in [3.05, 3.63) is 6.42 Å². The Hall–Kier alpha value is -0.530. The molecule has 0 aliphatic rings. The van der Waals surface area contributed by atoms with Gasteiger partial charge in [0.2, 0.25) is 0 Å². The van der Waals surface area contributed by atoms with Crippen LogP contribution in [0.4, 0.5) is 0 Å². The van der Waals surface area contributed by atoms with Crippen LogP contribution >= 0.6 is 0 Å². The lowest BCUT2D eigenvalue weighted by atomic mass is 10.3. The van der Waals surface area contributed by atoms with Crippen LogP contribution in [0.25, 0.3) is 0 Å². The molecule has 0 aliphatic carbocycles. The minimum atomic E-state index is 0.771. The molecule has 0 heterocycles. The van der Waals surface area contributed by atoms with Crippen LogP contribution in [0.5, 0.6) is 0 Å². The maximum absolute atomic E-state index is 7.84. The molecule has 0 unspecified atom stereocenters. The predicted octanol–water partition coefficient (Wildman–Crippen LogP) is 1.45. The highest BCUT2D eigenvalue weighted by Crippen LogP contribution is 1.86. The normalized spacial score (nSPS) is 10.4. The molecule has 1 radical (unpaired) electrons. The van der Waals surface area contributed by atoms with E-state index in [0.29, 0.717) is 0 Å². The van der Waals surface area contributed by atoms with Gasteiger partial charge in [0.05, 0.1) is 0 Å². The van der Waals surface area contributed by atoms with Gasteiger partial charge in [-0.3, -0.25) is 0 Å². The van der Waals surface area contributed by atoms with Crippen molar-refractivity contribution in [1.29, 1.82) is 0 Å². The summed E-state index contributed by atoms with van der Waals surface area (Å²) in [5.41, 5.74) is 0. The second kappa shape index (κ2) is 5.47. The number of hydrogen-bond donors (Lipinski definition) is 1. The Morgan fingerprint density at radius 1 is 1.71 bits per heavy atom. The van der Waals surface area contributed by atoms with Crippen LogP contribution in [0.15, 0.2) is 5.16 Å². The lowest BCUT2D eigenvalue weighted by Crippen LogP contribution is -1.74. The van der Waals surface area contributed by atoms with Crippen molar-refractivity contribution in [3.8, 4) is 0 Å². The van der Waals surface area contributed by atoms with Crippen molar-refractivity contribution in [2.45, 2.75) is 19.8 Å². The summed E-state index contributed by atoms with van der Waals surface area (Å²) in [6, 6.07) is 0. The van der Waals surface area contributed by atoms with E-state index in [1.807, 2.05) is 13.3 Å². The van der Waals surface area contributed by atoms with Gasteiger partial charge in [0.15, 0.2) is 0 Å². The van der Waals surface area contributed by atoms with Gasteiger partial charge in [-0.25, -0.2) is 0 Å². The van der Waals surface area contributed by atoms with Gasteiger partial charge >= 0.3 is 0 Å². The fourth-order valence-electron chi connectivity index (χ4n) is 0.288. The zero-order valence-corrected chi connectivity index (χ0v) is 4.46. The van der Waals surface area contributed by atoms with Gasteiger partial charge in [0.25, 0.3) is 0 Å². The molecule has 0 saturated heterocycles. The van der Waals surface area contributed by atoms with Crippen molar-refractivity contribution in [2.75, 3.05) is 0 Å². The summed E-state index contributed by atoms with van der Waals surface area (Å²) in [4.78, 5) is 0. The largest absolute Gasteiger partial charge is 0.411 e. The molecular formula is C5H10NO. The fraction of sp³-hybridized carbons (Fsp3) is 0.600. The second-order valence-corrected chi connectivity index (χ2v) is 1.23. The van der Waals surface area contributed by atoms with E-state index < -0.39 is 0 Å². The molecule has 0 aromatic carbocycles. The first kappa shape index (κ1) is 6.47. The van der Waals surface area contributed by atoms with Crippen LogP contribution in [-0.2, 0) is 0 Å². The fourth-order valence-corrected chi connectivity index (χ4v) is 0.288. The molecule has 0 rings (SSSR count). The zero-order chi connectivity index (χ0) is 5.54. The zero-order valence-electron chi connectivity index (χ0n) is 4.46. The maximum Gasteiger partial charge on any atom is 0.0438 e. The molecule has 0 amide bonds. The smallest absolute Gasteiger partial charge is 0.0438 e. The van der Waals surface area contributed by atoms with Crippen molar-refractivity contribution >= 4 is 6.21 Å². The number of oxime groups is 1. The average Bonchev–Trinajstić information content (AvgIpc) is 1.69. The number of hydrogen-bond acceptors (Lipinski definition) is 2. The minimum absolute atomic E-state index is 0.771. The summed E-state index contributed by atoms with van der Waals surface area (Å²) in [5, 5.41) is 10.7. The Kier molecular flexibility index (Phi) is 5.06. The first-order chi connectivity index (χ1) is 3.41. The van der Waals surface area contributed by atoms with Crippen molar-refractivity contribution < 1.29 is 5.21 Å². The monoisotopic (exact) mass is 100 g/mol. The van der Waals surface area contributed by atoms with E-state index in [0.717, 1.165) is 12.8 Å². The Morgan fingerprint density at radius 2 is 2.43 bits per heavy atom. The first-order valence-electron chi connectivity index (χ1n) is 2.39. The van der Waals surface area contributed by atoms with Crippen molar-refractivity contribution in [2.24, 2.45) is 5.16 Å². The summed E-state index contributed by atoms with van der Waals surface area (Å²) in [6.45, 7) is 2.05. The van der Waals surface area contributed by atoms with Crippen LogP contribution < -0.4 is 0 Å². The van der Waals surface area contributed by atoms with Gasteiger partial charge < -0.3 is 5.21 Å². The van der Waals surface area contributed by atoms with Crippen LogP contribution in [0, 0.1) is 6.42 Å². The molecule has 0 fully saturated rings. The number of unbranched alkanes of at least 4 members (excludes halogenated alkanes) is 2. The molecule has 0 aromatic rings. The lowest BCUT2D eigenvalue weighted by Gasteiger charge is -1.81. The molecule has 0 aliphatic heterocycles. The Bertz CT molecular complexity index is 52.0. The molecule has 0 aromatic heterocycles. The maximum atomic E-state index is 7.84. The molecule has 0 saturated carbocycles. The van der Waals surface area contributed by atoms with E-state index in [9.17, 15) is 0 Å². The molecule has 41 valence electrons. The summed E-state index contributed by atoms with van der Waals surface area (Å²) < 4.78 is 0. The van der Waals surface area contributed by atoms with Crippen LogP contribution in [-0.4, -0.2) is 11.4 Å². The molecule has 2 nitrogen and oxygen atoms in total. The standard InChI is InChI=1S/C5H10NO/c1-2-3-4-5-6-7/h3,5,7H,2,4H2,1H3/b6-5-. The summed E-state index contributed by atoms with van der Waals surface area (Å²) in [5.74, 6) is 0. The number of rotatable bonds is 3. The third-order valence-corrected chi connectivity index (χ3v) is 0.642. The Balaban J connectivity index is 2.69. The molecule has 0 atom stereocenters. The summed E-state index contributed by atoms with van der Waals surface area (Å²) in [6.07, 6.45) is 5.29. The third kappa shape index (κ3) is 5.47. The molecule has 0 spiro atoms. The molecule has 7 heavy (non-hydrogen) atoms. The second-order valence-electron chi connectivity index (χ2n) is 1.23. The molecule has 2 heteroatoms. The molecule has 1 N–H and O–H groups in total. The quantitative estimate of drug-likeness (QED) is 0.247. The third-order valence-electron chi connectivity index (χ3n) is 0.642. The van der Waals surface area contributed by atoms with E-state index in [2.05, 4.69) is 5.16 Å². The number of nitrogens with zero attached hydrogens (tertiary/aromatic N) is 1. The molecule has 0 bridgehead atoms. The van der Waals surface area contributed by atoms with E-state index in [4.69, 9.17) is 5.21 Å². The Labute approximate surface area is 43.8 Å². The lowest BCUT2D eigenvalue weighted by molar-refractivity contribution is 0.320. The highest BCUT2D eigenvalue weighted by molar-refractivity contribution is 5.57. The summed E-state index contributed by atoms with van der Waals surface area (Å²) in [7, 11) is 0. The highest BCUT2D eigenvalue weighted by atomic mass is 16.4. The van der Waals surface area contributed by atoms with E-state index in [1.165, 1.54) is 6.21 Å². The topological polar surface area (TPSA) is 32.6 Å². The van der Waals surface area contributed by atoms with Crippen LogP contribution in [0.3, 0.4) is 0 Å². The van der Waals surface area contributed by atoms with Crippen molar-refractivity contribution in [3.63, 3.8) is 0 Å². The minimum Gasteiger partial charge on any atom is -0.411 e. The average molecular weight is 100 g/mol. The SMILES string of the molecule is CC[CH]C/C=N\O. The highest BCUT2D eigenvalue weighted by Gasteiger charge is 1.75.